The maximum Gasteiger partial charge on any atom is 0.225 e. The lowest BCUT2D eigenvalue weighted by atomic mass is 9.96. The highest BCUT2D eigenvalue weighted by Gasteiger charge is 2.25. The van der Waals surface area contributed by atoms with E-state index in [0.29, 0.717) is 13.1 Å². The monoisotopic (exact) mass is 277 g/mol. The van der Waals surface area contributed by atoms with E-state index in [4.69, 9.17) is 5.73 Å². The molecule has 1 saturated heterocycles. The fourth-order valence-corrected chi connectivity index (χ4v) is 2.53. The Morgan fingerprint density at radius 3 is 2.50 bits per heavy atom. The number of anilines is 1. The van der Waals surface area contributed by atoms with Gasteiger partial charge in [-0.25, -0.2) is 9.97 Å². The molecule has 1 aliphatic heterocycles. The van der Waals surface area contributed by atoms with E-state index >= 15 is 0 Å². The first-order chi connectivity index (χ1) is 9.60. The minimum Gasteiger partial charge on any atom is -0.355 e. The van der Waals surface area contributed by atoms with E-state index in [1.807, 2.05) is 19.9 Å². The van der Waals surface area contributed by atoms with Gasteiger partial charge in [-0.05, 0) is 32.8 Å². The summed E-state index contributed by atoms with van der Waals surface area (Å²) in [5, 5.41) is 2.86. The van der Waals surface area contributed by atoms with Gasteiger partial charge >= 0.3 is 0 Å². The molecule has 0 saturated carbocycles. The summed E-state index contributed by atoms with van der Waals surface area (Å²) in [6.07, 6.45) is 1.68. The van der Waals surface area contributed by atoms with Crippen LogP contribution in [0, 0.1) is 19.8 Å². The topological polar surface area (TPSA) is 84.1 Å². The van der Waals surface area contributed by atoms with E-state index in [0.717, 1.165) is 43.3 Å². The fraction of sp³-hybridized carbons (Fsp3) is 0.643. The third-order valence-electron chi connectivity index (χ3n) is 3.56. The van der Waals surface area contributed by atoms with Gasteiger partial charge in [0.15, 0.2) is 0 Å². The lowest BCUT2D eigenvalue weighted by Gasteiger charge is -2.31. The molecule has 3 N–H and O–H groups in total. The summed E-state index contributed by atoms with van der Waals surface area (Å²) in [4.78, 5) is 23.0. The van der Waals surface area contributed by atoms with Gasteiger partial charge in [-0.15, -0.1) is 0 Å². The van der Waals surface area contributed by atoms with Gasteiger partial charge in [0, 0.05) is 43.5 Å². The molecule has 0 aliphatic carbocycles. The van der Waals surface area contributed by atoms with Gasteiger partial charge in [0.1, 0.15) is 0 Å². The number of nitrogens with one attached hydrogen (secondary N) is 1. The molecule has 0 bridgehead atoms. The molecule has 20 heavy (non-hydrogen) atoms. The van der Waals surface area contributed by atoms with Crippen LogP contribution in [0.25, 0.3) is 0 Å². The van der Waals surface area contributed by atoms with Crippen molar-refractivity contribution < 1.29 is 4.79 Å². The molecule has 0 radical (unpaired) electrons. The number of hydrogen-bond acceptors (Lipinski definition) is 5. The molecule has 110 valence electrons. The van der Waals surface area contributed by atoms with E-state index in [2.05, 4.69) is 20.2 Å². The largest absolute Gasteiger partial charge is 0.355 e. The summed E-state index contributed by atoms with van der Waals surface area (Å²) < 4.78 is 0. The summed E-state index contributed by atoms with van der Waals surface area (Å²) in [5.41, 5.74) is 7.36. The molecule has 0 spiro atoms. The van der Waals surface area contributed by atoms with E-state index in [1.54, 1.807) is 0 Å². The third-order valence-corrected chi connectivity index (χ3v) is 3.56. The Kier molecular flexibility index (Phi) is 4.89. The Labute approximate surface area is 119 Å². The smallest absolute Gasteiger partial charge is 0.225 e. The molecule has 2 rings (SSSR count). The number of piperidine rings is 1. The van der Waals surface area contributed by atoms with Crippen LogP contribution in [0.1, 0.15) is 24.2 Å². The molecule has 1 amide bonds. The quantitative estimate of drug-likeness (QED) is 0.831. The Morgan fingerprint density at radius 1 is 1.35 bits per heavy atom. The third kappa shape index (κ3) is 3.66. The molecular formula is C14H23N5O. The van der Waals surface area contributed by atoms with Gasteiger partial charge in [-0.2, -0.15) is 0 Å². The Hall–Kier alpha value is -1.69. The zero-order chi connectivity index (χ0) is 14.5. The van der Waals surface area contributed by atoms with Crippen molar-refractivity contribution in [2.75, 3.05) is 31.1 Å². The average molecular weight is 277 g/mol. The first-order valence-electron chi connectivity index (χ1n) is 7.15. The summed E-state index contributed by atoms with van der Waals surface area (Å²) in [6, 6.07) is 1.97. The van der Waals surface area contributed by atoms with Crippen LogP contribution in [0.4, 0.5) is 5.95 Å². The van der Waals surface area contributed by atoms with Crippen molar-refractivity contribution in [2.24, 2.45) is 11.7 Å². The predicted molar refractivity (Wildman–Crippen MR) is 78.5 cm³/mol. The number of aryl methyl sites for hydroxylation is 2. The van der Waals surface area contributed by atoms with Gasteiger partial charge < -0.3 is 16.0 Å². The van der Waals surface area contributed by atoms with Gasteiger partial charge in [0.05, 0.1) is 0 Å². The van der Waals surface area contributed by atoms with Crippen molar-refractivity contribution in [2.45, 2.75) is 26.7 Å². The summed E-state index contributed by atoms with van der Waals surface area (Å²) in [7, 11) is 0. The molecule has 1 aromatic rings. The van der Waals surface area contributed by atoms with E-state index < -0.39 is 0 Å². The number of carbonyl (C=O) groups is 1. The lowest BCUT2D eigenvalue weighted by Crippen LogP contribution is -2.42. The maximum atomic E-state index is 11.9. The van der Waals surface area contributed by atoms with Crippen molar-refractivity contribution in [3.63, 3.8) is 0 Å². The molecule has 0 unspecified atom stereocenters. The highest BCUT2D eigenvalue weighted by molar-refractivity contribution is 5.78. The van der Waals surface area contributed by atoms with Crippen molar-refractivity contribution in [3.8, 4) is 0 Å². The molecule has 1 aromatic heterocycles. The predicted octanol–water partition coefficient (Wildman–Crippen LogP) is 0.385. The van der Waals surface area contributed by atoms with Crippen molar-refractivity contribution >= 4 is 11.9 Å². The maximum absolute atomic E-state index is 11.9. The van der Waals surface area contributed by atoms with Crippen molar-refractivity contribution in [1.29, 1.82) is 0 Å². The van der Waals surface area contributed by atoms with Crippen LogP contribution in [0.3, 0.4) is 0 Å². The van der Waals surface area contributed by atoms with Crippen LogP contribution < -0.4 is 16.0 Å². The van der Waals surface area contributed by atoms with Gasteiger partial charge in [-0.3, -0.25) is 4.79 Å². The SMILES string of the molecule is Cc1cc(C)nc(N2CCC(C(=O)NCCN)CC2)n1. The van der Waals surface area contributed by atoms with Crippen LogP contribution >= 0.6 is 0 Å². The number of rotatable bonds is 4. The molecule has 0 aromatic carbocycles. The van der Waals surface area contributed by atoms with Gasteiger partial charge in [-0.1, -0.05) is 0 Å². The Balaban J connectivity index is 1.92. The highest BCUT2D eigenvalue weighted by atomic mass is 16.1. The van der Waals surface area contributed by atoms with Crippen LogP contribution in [0.2, 0.25) is 0 Å². The number of aromatic nitrogens is 2. The van der Waals surface area contributed by atoms with Crippen LogP contribution in [0.15, 0.2) is 6.07 Å². The van der Waals surface area contributed by atoms with Crippen LogP contribution in [-0.4, -0.2) is 42.1 Å². The second-order valence-electron chi connectivity index (χ2n) is 5.29. The van der Waals surface area contributed by atoms with Gasteiger partial charge in [0.2, 0.25) is 11.9 Å². The van der Waals surface area contributed by atoms with E-state index in [1.165, 1.54) is 0 Å². The number of nitrogens with zero attached hydrogens (tertiary/aromatic N) is 3. The van der Waals surface area contributed by atoms with Gasteiger partial charge in [0.25, 0.3) is 0 Å². The zero-order valence-corrected chi connectivity index (χ0v) is 12.2. The number of hydrogen-bond donors (Lipinski definition) is 2. The molecule has 1 fully saturated rings. The Bertz CT molecular complexity index is 448. The molecule has 6 nitrogen and oxygen atoms in total. The number of nitrogens with two attached hydrogens (primary N) is 1. The first kappa shape index (κ1) is 14.7. The standard InChI is InChI=1S/C14H23N5O/c1-10-9-11(2)18-14(17-10)19-7-3-12(4-8-19)13(20)16-6-5-15/h9,12H,3-8,15H2,1-2H3,(H,16,20). The number of carbonyl (C=O) groups excluding carboxylic acids is 1. The molecule has 6 heteroatoms. The number of amides is 1. The first-order valence-corrected chi connectivity index (χ1v) is 7.15. The normalized spacial score (nSPS) is 16.2. The summed E-state index contributed by atoms with van der Waals surface area (Å²) in [5.74, 6) is 0.989. The van der Waals surface area contributed by atoms with Crippen LogP contribution in [-0.2, 0) is 4.79 Å². The molecule has 1 aliphatic rings. The minimum atomic E-state index is 0.0868. The second-order valence-corrected chi connectivity index (χ2v) is 5.29. The second kappa shape index (κ2) is 6.65. The highest BCUT2D eigenvalue weighted by Crippen LogP contribution is 2.21. The zero-order valence-electron chi connectivity index (χ0n) is 12.2. The molecule has 2 heterocycles. The van der Waals surface area contributed by atoms with Crippen molar-refractivity contribution in [1.82, 2.24) is 15.3 Å². The van der Waals surface area contributed by atoms with Crippen molar-refractivity contribution in [3.05, 3.63) is 17.5 Å². The fourth-order valence-electron chi connectivity index (χ4n) is 2.53. The molecule has 0 atom stereocenters. The summed E-state index contributed by atoms with van der Waals surface area (Å²) >= 11 is 0. The minimum absolute atomic E-state index is 0.0868. The lowest BCUT2D eigenvalue weighted by molar-refractivity contribution is -0.125. The molecular weight excluding hydrogens is 254 g/mol. The average Bonchev–Trinajstić information content (AvgIpc) is 2.44. The Morgan fingerprint density at radius 2 is 1.95 bits per heavy atom. The van der Waals surface area contributed by atoms with E-state index in [9.17, 15) is 4.79 Å². The van der Waals surface area contributed by atoms with Crippen LogP contribution in [0.5, 0.6) is 0 Å². The summed E-state index contributed by atoms with van der Waals surface area (Å²) in [6.45, 7) is 6.64. The van der Waals surface area contributed by atoms with E-state index in [-0.39, 0.29) is 11.8 Å².